The first-order chi connectivity index (χ1) is 9.78. The summed E-state index contributed by atoms with van der Waals surface area (Å²) in [6.45, 7) is 0. The Labute approximate surface area is 123 Å². The van der Waals surface area contributed by atoms with Crippen LogP contribution in [-0.4, -0.2) is 11.3 Å². The molecule has 0 saturated carbocycles. The van der Waals surface area contributed by atoms with E-state index < -0.39 is 0 Å². The van der Waals surface area contributed by atoms with Crippen molar-refractivity contribution in [1.82, 2.24) is 4.98 Å². The summed E-state index contributed by atoms with van der Waals surface area (Å²) < 4.78 is 0.982. The van der Waals surface area contributed by atoms with E-state index in [1.807, 2.05) is 48.5 Å². The lowest BCUT2D eigenvalue weighted by Gasteiger charge is -1.92. The molecule has 1 aromatic heterocycles. The van der Waals surface area contributed by atoms with Gasteiger partial charge in [0.25, 0.3) is 0 Å². The minimum Gasteiger partial charge on any atom is -0.338 e. The van der Waals surface area contributed by atoms with E-state index in [1.165, 1.54) is 0 Å². The quantitative estimate of drug-likeness (QED) is 0.524. The Hall–Kier alpha value is -2.27. The maximum Gasteiger partial charge on any atom is 0.164 e. The summed E-state index contributed by atoms with van der Waals surface area (Å²) in [4.78, 5) is 14.3. The van der Waals surface area contributed by atoms with Gasteiger partial charge in [-0.15, -0.1) is 10.2 Å². The summed E-state index contributed by atoms with van der Waals surface area (Å²) in [5, 5.41) is 9.13. The molecule has 0 aliphatic carbocycles. The molecule has 0 atom stereocenters. The van der Waals surface area contributed by atoms with Gasteiger partial charge in [0.1, 0.15) is 0 Å². The van der Waals surface area contributed by atoms with E-state index in [-0.39, 0.29) is 0 Å². The normalized spacial score (nSPS) is 11.2. The number of H-pyrrole nitrogens is 1. The summed E-state index contributed by atoms with van der Waals surface area (Å²) >= 11 is 3.36. The van der Waals surface area contributed by atoms with Gasteiger partial charge < -0.3 is 4.98 Å². The van der Waals surface area contributed by atoms with E-state index >= 15 is 0 Å². The van der Waals surface area contributed by atoms with E-state index in [0.717, 1.165) is 27.3 Å². The van der Waals surface area contributed by atoms with Crippen LogP contribution < -0.4 is 0 Å². The van der Waals surface area contributed by atoms with Gasteiger partial charge >= 0.3 is 0 Å². The van der Waals surface area contributed by atoms with E-state index in [2.05, 4.69) is 31.1 Å². The van der Waals surface area contributed by atoms with Crippen LogP contribution >= 0.6 is 15.9 Å². The minimum atomic E-state index is 0.476. The van der Waals surface area contributed by atoms with Crippen LogP contribution in [-0.2, 0) is 0 Å². The predicted octanol–water partition coefficient (Wildman–Crippen LogP) is 5.16. The van der Waals surface area contributed by atoms with Crippen LogP contribution in [0.5, 0.6) is 0 Å². The highest BCUT2D eigenvalue weighted by molar-refractivity contribution is 9.10. The van der Waals surface area contributed by atoms with Crippen molar-refractivity contribution in [2.45, 2.75) is 0 Å². The molecule has 0 spiro atoms. The Balaban J connectivity index is 2.02. The molecule has 3 aromatic rings. The third-order valence-electron chi connectivity index (χ3n) is 2.94. The number of para-hydroxylation sites is 1. The van der Waals surface area contributed by atoms with E-state index in [9.17, 15) is 4.79 Å². The Morgan fingerprint density at radius 3 is 2.50 bits per heavy atom. The van der Waals surface area contributed by atoms with Gasteiger partial charge in [0.15, 0.2) is 12.1 Å². The molecule has 4 nitrogen and oxygen atoms in total. The number of azo groups is 1. The summed E-state index contributed by atoms with van der Waals surface area (Å²) in [6.07, 6.45) is 0.800. The van der Waals surface area contributed by atoms with Crippen LogP contribution in [0, 0.1) is 0 Å². The van der Waals surface area contributed by atoms with Crippen LogP contribution in [0.2, 0.25) is 0 Å². The van der Waals surface area contributed by atoms with Gasteiger partial charge in [0.2, 0.25) is 0 Å². The SMILES string of the molecule is O=Cc1c(N=Nc2ccc(Br)cc2)[nH]c2ccccc12. The highest BCUT2D eigenvalue weighted by Crippen LogP contribution is 2.28. The van der Waals surface area contributed by atoms with E-state index in [0.29, 0.717) is 11.4 Å². The molecule has 0 radical (unpaired) electrons. The molecule has 3 rings (SSSR count). The first-order valence-electron chi connectivity index (χ1n) is 6.01. The van der Waals surface area contributed by atoms with Crippen molar-refractivity contribution < 1.29 is 4.79 Å². The Morgan fingerprint density at radius 1 is 1.00 bits per heavy atom. The summed E-state index contributed by atoms with van der Waals surface area (Å²) in [5.74, 6) is 0.476. The van der Waals surface area contributed by atoms with Crippen molar-refractivity contribution in [3.63, 3.8) is 0 Å². The van der Waals surface area contributed by atoms with Gasteiger partial charge in [-0.1, -0.05) is 34.1 Å². The molecular weight excluding hydrogens is 318 g/mol. The number of aldehydes is 1. The van der Waals surface area contributed by atoms with Crippen molar-refractivity contribution in [3.8, 4) is 0 Å². The Bertz CT molecular complexity index is 790. The second kappa shape index (κ2) is 5.38. The summed E-state index contributed by atoms with van der Waals surface area (Å²) in [6, 6.07) is 15.0. The van der Waals surface area contributed by atoms with Crippen molar-refractivity contribution >= 4 is 44.6 Å². The monoisotopic (exact) mass is 327 g/mol. The van der Waals surface area contributed by atoms with E-state index in [1.54, 1.807) is 0 Å². The highest BCUT2D eigenvalue weighted by Gasteiger charge is 2.09. The van der Waals surface area contributed by atoms with Crippen LogP contribution in [0.3, 0.4) is 0 Å². The minimum absolute atomic E-state index is 0.476. The molecule has 0 aliphatic heterocycles. The van der Waals surface area contributed by atoms with E-state index in [4.69, 9.17) is 0 Å². The van der Waals surface area contributed by atoms with Gasteiger partial charge in [0, 0.05) is 15.4 Å². The number of aromatic amines is 1. The average molecular weight is 328 g/mol. The third-order valence-corrected chi connectivity index (χ3v) is 3.46. The molecule has 0 saturated heterocycles. The second-order valence-electron chi connectivity index (χ2n) is 4.23. The predicted molar refractivity (Wildman–Crippen MR) is 82.0 cm³/mol. The standard InChI is InChI=1S/C15H10BrN3O/c16-10-5-7-11(8-6-10)18-19-15-13(9-20)12-3-1-2-4-14(12)17-15/h1-9,17H. The number of benzene rings is 2. The number of halogens is 1. The van der Waals surface area contributed by atoms with Gasteiger partial charge in [-0.3, -0.25) is 4.79 Å². The number of hydrogen-bond donors (Lipinski definition) is 1. The molecule has 0 unspecified atom stereocenters. The number of nitrogens with one attached hydrogen (secondary N) is 1. The molecule has 0 aliphatic rings. The number of carbonyl (C=O) groups excluding carboxylic acids is 1. The average Bonchev–Trinajstić information content (AvgIpc) is 2.84. The van der Waals surface area contributed by atoms with Crippen molar-refractivity contribution in [2.75, 3.05) is 0 Å². The molecule has 98 valence electrons. The fourth-order valence-corrected chi connectivity index (χ4v) is 2.23. The van der Waals surface area contributed by atoms with Crippen molar-refractivity contribution in [2.24, 2.45) is 10.2 Å². The molecular formula is C15H10BrN3O. The van der Waals surface area contributed by atoms with Gasteiger partial charge in [-0.2, -0.15) is 0 Å². The molecule has 0 bridgehead atoms. The smallest absolute Gasteiger partial charge is 0.164 e. The molecule has 0 fully saturated rings. The summed E-state index contributed by atoms with van der Waals surface area (Å²) in [5.41, 5.74) is 2.13. The van der Waals surface area contributed by atoms with Crippen LogP contribution in [0.4, 0.5) is 11.5 Å². The number of fused-ring (bicyclic) bond motifs is 1. The third kappa shape index (κ3) is 2.40. The molecule has 1 heterocycles. The lowest BCUT2D eigenvalue weighted by atomic mass is 10.2. The van der Waals surface area contributed by atoms with Crippen molar-refractivity contribution in [1.29, 1.82) is 0 Å². The zero-order valence-electron chi connectivity index (χ0n) is 10.4. The zero-order valence-corrected chi connectivity index (χ0v) is 12.0. The first-order valence-corrected chi connectivity index (χ1v) is 6.80. The molecule has 1 N–H and O–H groups in total. The molecule has 20 heavy (non-hydrogen) atoms. The molecule has 2 aromatic carbocycles. The zero-order chi connectivity index (χ0) is 13.9. The lowest BCUT2D eigenvalue weighted by Crippen LogP contribution is -1.75. The highest BCUT2D eigenvalue weighted by atomic mass is 79.9. The van der Waals surface area contributed by atoms with Crippen LogP contribution in [0.25, 0.3) is 10.9 Å². The maximum atomic E-state index is 11.2. The second-order valence-corrected chi connectivity index (χ2v) is 5.14. The number of rotatable bonds is 3. The fourth-order valence-electron chi connectivity index (χ4n) is 1.96. The molecule has 0 amide bonds. The topological polar surface area (TPSA) is 57.6 Å². The number of hydrogen-bond acceptors (Lipinski definition) is 3. The lowest BCUT2D eigenvalue weighted by molar-refractivity contribution is 0.112. The Morgan fingerprint density at radius 2 is 1.75 bits per heavy atom. The maximum absolute atomic E-state index is 11.2. The summed E-state index contributed by atoms with van der Waals surface area (Å²) in [7, 11) is 0. The van der Waals surface area contributed by atoms with Crippen molar-refractivity contribution in [3.05, 3.63) is 58.6 Å². The van der Waals surface area contributed by atoms with Gasteiger partial charge in [-0.25, -0.2) is 0 Å². The van der Waals surface area contributed by atoms with Crippen LogP contribution in [0.15, 0.2) is 63.2 Å². The number of nitrogens with zero attached hydrogens (tertiary/aromatic N) is 2. The number of aromatic nitrogens is 1. The fraction of sp³-hybridized carbons (Fsp3) is 0. The Kier molecular flexibility index (Phi) is 3.43. The number of carbonyl (C=O) groups is 1. The largest absolute Gasteiger partial charge is 0.338 e. The van der Waals surface area contributed by atoms with Gasteiger partial charge in [-0.05, 0) is 30.3 Å². The van der Waals surface area contributed by atoms with Crippen LogP contribution in [0.1, 0.15) is 10.4 Å². The van der Waals surface area contributed by atoms with Gasteiger partial charge in [0.05, 0.1) is 11.3 Å². The first kappa shape index (κ1) is 12.7. The molecule has 5 heteroatoms.